The lowest BCUT2D eigenvalue weighted by Gasteiger charge is -2.16. The van der Waals surface area contributed by atoms with Gasteiger partial charge in [0.05, 0.1) is 24.8 Å². The summed E-state index contributed by atoms with van der Waals surface area (Å²) < 4.78 is 37.2. The van der Waals surface area contributed by atoms with Gasteiger partial charge in [-0.3, -0.25) is 0 Å². The fourth-order valence-corrected chi connectivity index (χ4v) is 4.72. The van der Waals surface area contributed by atoms with E-state index in [1.807, 2.05) is 0 Å². The van der Waals surface area contributed by atoms with Crippen molar-refractivity contribution >= 4 is 38.7 Å². The largest absolute Gasteiger partial charge is 0.497 e. The number of nitrogens with one attached hydrogen (secondary N) is 2. The van der Waals surface area contributed by atoms with Gasteiger partial charge in [0.25, 0.3) is 0 Å². The first-order valence-electron chi connectivity index (χ1n) is 8.84. The van der Waals surface area contributed by atoms with E-state index >= 15 is 0 Å². The van der Waals surface area contributed by atoms with Crippen molar-refractivity contribution in [2.24, 2.45) is 0 Å². The third kappa shape index (κ3) is 4.54. The smallest absolute Gasteiger partial charge is 0.243 e. The number of nitrogens with zero attached hydrogens (tertiary/aromatic N) is 1. The second-order valence-corrected chi connectivity index (χ2v) is 8.63. The first-order chi connectivity index (χ1) is 13.4. The summed E-state index contributed by atoms with van der Waals surface area (Å²) in [6.07, 6.45) is 1.82. The van der Waals surface area contributed by atoms with Crippen LogP contribution in [0.3, 0.4) is 0 Å². The van der Waals surface area contributed by atoms with E-state index in [1.165, 1.54) is 4.31 Å². The fourth-order valence-electron chi connectivity index (χ4n) is 2.97. The Bertz CT molecular complexity index is 940. The number of sulfonamides is 1. The highest BCUT2D eigenvalue weighted by Crippen LogP contribution is 2.29. The lowest BCUT2D eigenvalue weighted by atomic mass is 10.2. The number of anilines is 2. The number of methoxy groups -OCH3 is 2. The molecule has 150 valence electrons. The van der Waals surface area contributed by atoms with Crippen molar-refractivity contribution in [3.05, 3.63) is 42.5 Å². The van der Waals surface area contributed by atoms with E-state index in [2.05, 4.69) is 10.6 Å². The Morgan fingerprint density at radius 1 is 1.00 bits per heavy atom. The maximum absolute atomic E-state index is 12.6. The van der Waals surface area contributed by atoms with Crippen molar-refractivity contribution in [1.29, 1.82) is 0 Å². The Morgan fingerprint density at radius 2 is 1.68 bits per heavy atom. The third-order valence-electron chi connectivity index (χ3n) is 4.47. The first kappa shape index (κ1) is 20.4. The predicted molar refractivity (Wildman–Crippen MR) is 114 cm³/mol. The summed E-state index contributed by atoms with van der Waals surface area (Å²) in [5, 5.41) is 6.47. The van der Waals surface area contributed by atoms with Crippen molar-refractivity contribution < 1.29 is 17.9 Å². The number of thiocarbonyl (C=S) groups is 1. The minimum atomic E-state index is -3.42. The molecular formula is C19H23N3O4S2. The summed E-state index contributed by atoms with van der Waals surface area (Å²) in [7, 11) is -0.269. The quantitative estimate of drug-likeness (QED) is 0.693. The molecule has 28 heavy (non-hydrogen) atoms. The van der Waals surface area contributed by atoms with E-state index in [1.54, 1.807) is 56.7 Å². The van der Waals surface area contributed by atoms with Crippen LogP contribution in [0.1, 0.15) is 12.8 Å². The molecule has 0 atom stereocenters. The van der Waals surface area contributed by atoms with Crippen molar-refractivity contribution in [3.63, 3.8) is 0 Å². The number of rotatable bonds is 6. The molecule has 0 radical (unpaired) electrons. The fraction of sp³-hybridized carbons (Fsp3) is 0.316. The molecule has 0 spiro atoms. The van der Waals surface area contributed by atoms with Crippen LogP contribution in [0.4, 0.5) is 11.4 Å². The van der Waals surface area contributed by atoms with Crippen LogP contribution in [0.5, 0.6) is 11.5 Å². The highest BCUT2D eigenvalue weighted by atomic mass is 32.2. The van der Waals surface area contributed by atoms with E-state index in [0.717, 1.165) is 12.8 Å². The summed E-state index contributed by atoms with van der Waals surface area (Å²) in [4.78, 5) is 0.288. The monoisotopic (exact) mass is 421 g/mol. The molecular weight excluding hydrogens is 398 g/mol. The zero-order valence-corrected chi connectivity index (χ0v) is 17.4. The second-order valence-electron chi connectivity index (χ2n) is 6.28. The predicted octanol–water partition coefficient (Wildman–Crippen LogP) is 3.30. The van der Waals surface area contributed by atoms with Gasteiger partial charge >= 0.3 is 0 Å². The Labute approximate surface area is 170 Å². The van der Waals surface area contributed by atoms with Crippen molar-refractivity contribution in [1.82, 2.24) is 4.31 Å². The third-order valence-corrected chi connectivity index (χ3v) is 6.59. The number of benzene rings is 2. The van der Waals surface area contributed by atoms with Crippen molar-refractivity contribution in [3.8, 4) is 11.5 Å². The van der Waals surface area contributed by atoms with Gasteiger partial charge in [0, 0.05) is 24.8 Å². The van der Waals surface area contributed by atoms with E-state index in [4.69, 9.17) is 21.7 Å². The summed E-state index contributed by atoms with van der Waals surface area (Å²) in [6.45, 7) is 1.17. The molecule has 2 aromatic carbocycles. The topological polar surface area (TPSA) is 79.9 Å². The first-order valence-corrected chi connectivity index (χ1v) is 10.7. The van der Waals surface area contributed by atoms with Gasteiger partial charge < -0.3 is 20.1 Å². The van der Waals surface area contributed by atoms with Gasteiger partial charge in [-0.25, -0.2) is 8.42 Å². The minimum Gasteiger partial charge on any atom is -0.497 e. The maximum Gasteiger partial charge on any atom is 0.243 e. The normalized spacial score (nSPS) is 14.5. The van der Waals surface area contributed by atoms with Crippen LogP contribution in [0, 0.1) is 0 Å². The Balaban J connectivity index is 1.66. The van der Waals surface area contributed by atoms with E-state index in [-0.39, 0.29) is 4.90 Å². The molecule has 0 amide bonds. The maximum atomic E-state index is 12.6. The van der Waals surface area contributed by atoms with Crippen LogP contribution >= 0.6 is 12.2 Å². The molecule has 2 N–H and O–H groups in total. The van der Waals surface area contributed by atoms with Crippen LogP contribution in [0.15, 0.2) is 47.4 Å². The molecule has 1 aliphatic rings. The minimum absolute atomic E-state index is 0.288. The highest BCUT2D eigenvalue weighted by Gasteiger charge is 2.26. The molecule has 1 heterocycles. The molecule has 1 fully saturated rings. The van der Waals surface area contributed by atoms with Gasteiger partial charge in [0.15, 0.2) is 5.11 Å². The second kappa shape index (κ2) is 8.76. The zero-order chi connectivity index (χ0) is 20.1. The molecule has 0 aromatic heterocycles. The van der Waals surface area contributed by atoms with Gasteiger partial charge in [-0.1, -0.05) is 0 Å². The summed E-state index contributed by atoms with van der Waals surface area (Å²) in [6, 6.07) is 11.9. The van der Waals surface area contributed by atoms with Gasteiger partial charge in [0.2, 0.25) is 10.0 Å². The molecule has 1 saturated heterocycles. The SMILES string of the molecule is COc1ccc(NC(=S)Nc2ccc(S(=O)(=O)N3CCCC3)cc2)c(OC)c1. The van der Waals surface area contributed by atoms with Crippen LogP contribution in [-0.2, 0) is 10.0 Å². The molecule has 7 nitrogen and oxygen atoms in total. The van der Waals surface area contributed by atoms with E-state index < -0.39 is 10.0 Å². The Hall–Kier alpha value is -2.36. The molecule has 0 saturated carbocycles. The van der Waals surface area contributed by atoms with Gasteiger partial charge in [0.1, 0.15) is 11.5 Å². The van der Waals surface area contributed by atoms with E-state index in [9.17, 15) is 8.42 Å². The van der Waals surface area contributed by atoms with Crippen LogP contribution in [0.2, 0.25) is 0 Å². The lowest BCUT2D eigenvalue weighted by Crippen LogP contribution is -2.27. The van der Waals surface area contributed by atoms with Crippen LogP contribution < -0.4 is 20.1 Å². The summed E-state index contributed by atoms with van der Waals surface area (Å²) >= 11 is 5.34. The average molecular weight is 422 g/mol. The number of ether oxygens (including phenoxy) is 2. The molecule has 9 heteroatoms. The number of hydrogen-bond acceptors (Lipinski definition) is 5. The van der Waals surface area contributed by atoms with Gasteiger partial charge in [-0.15, -0.1) is 0 Å². The molecule has 1 aliphatic heterocycles. The summed E-state index contributed by atoms with van der Waals surface area (Å²) in [5.41, 5.74) is 1.37. The molecule has 0 unspecified atom stereocenters. The van der Waals surface area contributed by atoms with Gasteiger partial charge in [-0.2, -0.15) is 4.31 Å². The zero-order valence-electron chi connectivity index (χ0n) is 15.8. The average Bonchev–Trinajstić information content (AvgIpc) is 3.24. The Kier molecular flexibility index (Phi) is 6.38. The van der Waals surface area contributed by atoms with E-state index in [0.29, 0.717) is 41.1 Å². The highest BCUT2D eigenvalue weighted by molar-refractivity contribution is 7.89. The number of hydrogen-bond donors (Lipinski definition) is 2. The van der Waals surface area contributed by atoms with Crippen molar-refractivity contribution in [2.75, 3.05) is 37.9 Å². The summed E-state index contributed by atoms with van der Waals surface area (Å²) in [5.74, 6) is 1.27. The van der Waals surface area contributed by atoms with Crippen LogP contribution in [0.25, 0.3) is 0 Å². The molecule has 2 aromatic rings. The van der Waals surface area contributed by atoms with Gasteiger partial charge in [-0.05, 0) is 61.5 Å². The van der Waals surface area contributed by atoms with Crippen LogP contribution in [-0.4, -0.2) is 45.1 Å². The Morgan fingerprint density at radius 3 is 2.29 bits per heavy atom. The lowest BCUT2D eigenvalue weighted by molar-refractivity contribution is 0.395. The molecule has 3 rings (SSSR count). The standard InChI is InChI=1S/C19H23N3O4S2/c1-25-15-7-10-17(18(13-15)26-2)21-19(27)20-14-5-8-16(9-6-14)28(23,24)22-11-3-4-12-22/h5-10,13H,3-4,11-12H2,1-2H3,(H2,20,21,27). The van der Waals surface area contributed by atoms with Crippen molar-refractivity contribution in [2.45, 2.75) is 17.7 Å². The molecule has 0 aliphatic carbocycles. The molecule has 0 bridgehead atoms.